The molecule has 10 heteroatoms. The lowest BCUT2D eigenvalue weighted by molar-refractivity contribution is 0.0606. The number of fused-ring (bicyclic) bond motifs is 1. The maximum atomic E-state index is 13.1. The van der Waals surface area contributed by atoms with Crippen LogP contribution < -0.4 is 10.1 Å². The Labute approximate surface area is 225 Å². The normalized spacial score (nSPS) is 11.5. The summed E-state index contributed by atoms with van der Waals surface area (Å²) in [6.07, 6.45) is 0. The zero-order valence-corrected chi connectivity index (χ0v) is 23.1. The van der Waals surface area contributed by atoms with Crippen molar-refractivity contribution in [3.63, 3.8) is 0 Å². The molecule has 198 valence electrons. The number of sulfonamides is 1. The van der Waals surface area contributed by atoms with Gasteiger partial charge in [-0.1, -0.05) is 17.7 Å². The van der Waals surface area contributed by atoms with Gasteiger partial charge in [0.05, 0.1) is 18.6 Å². The minimum absolute atomic E-state index is 0.0177. The lowest BCUT2D eigenvalue weighted by atomic mass is 10.1. The highest BCUT2D eigenvalue weighted by Crippen LogP contribution is 2.29. The summed E-state index contributed by atoms with van der Waals surface area (Å²) in [5.41, 5.74) is 2.44. The van der Waals surface area contributed by atoms with E-state index in [2.05, 4.69) is 5.32 Å². The van der Waals surface area contributed by atoms with Crippen LogP contribution in [0.3, 0.4) is 0 Å². The van der Waals surface area contributed by atoms with Crippen molar-refractivity contribution in [1.82, 2.24) is 4.31 Å². The Balaban J connectivity index is 1.57. The summed E-state index contributed by atoms with van der Waals surface area (Å²) in [5.74, 6) is -0.265. The molecule has 0 spiro atoms. The zero-order chi connectivity index (χ0) is 27.4. The number of rotatable bonds is 9. The average Bonchev–Trinajstić information content (AvgIpc) is 3.33. The van der Waals surface area contributed by atoms with Crippen LogP contribution in [0.15, 0.2) is 71.6 Å². The largest absolute Gasteiger partial charge is 0.494 e. The molecule has 0 atom stereocenters. The summed E-state index contributed by atoms with van der Waals surface area (Å²) in [7, 11) is -0.920. The molecule has 8 nitrogen and oxygen atoms in total. The summed E-state index contributed by atoms with van der Waals surface area (Å²) < 4.78 is 38.9. The van der Waals surface area contributed by atoms with Crippen molar-refractivity contribution in [2.45, 2.75) is 25.3 Å². The van der Waals surface area contributed by atoms with Crippen LogP contribution in [-0.4, -0.2) is 45.4 Å². The predicted molar refractivity (Wildman–Crippen MR) is 149 cm³/mol. The van der Waals surface area contributed by atoms with E-state index in [1.54, 1.807) is 60.7 Å². The van der Waals surface area contributed by atoms with Gasteiger partial charge in [-0.3, -0.25) is 4.79 Å². The van der Waals surface area contributed by atoms with E-state index in [4.69, 9.17) is 9.47 Å². The van der Waals surface area contributed by atoms with Crippen LogP contribution in [0.5, 0.6) is 5.75 Å². The SMILES string of the molecule is CCOc1ccc(C(=O)Nc2ccc3sc(C(=O)OC)cc3c2)cc1CN(C)S(=O)(=O)c1ccc(C)cc1. The number of hydrogen-bond acceptors (Lipinski definition) is 7. The molecule has 4 aromatic rings. The molecule has 0 unspecified atom stereocenters. The van der Waals surface area contributed by atoms with E-state index in [9.17, 15) is 18.0 Å². The second kappa shape index (κ2) is 11.3. The molecule has 1 aromatic heterocycles. The van der Waals surface area contributed by atoms with Crippen LogP contribution >= 0.6 is 11.3 Å². The number of benzene rings is 3. The second-order valence-corrected chi connectivity index (χ2v) is 11.8. The highest BCUT2D eigenvalue weighted by Gasteiger charge is 2.23. The van der Waals surface area contributed by atoms with Gasteiger partial charge in [-0.15, -0.1) is 11.3 Å². The van der Waals surface area contributed by atoms with Gasteiger partial charge < -0.3 is 14.8 Å². The maximum Gasteiger partial charge on any atom is 0.348 e. The maximum absolute atomic E-state index is 13.1. The van der Waals surface area contributed by atoms with Gasteiger partial charge in [-0.05, 0) is 73.8 Å². The van der Waals surface area contributed by atoms with Crippen LogP contribution in [0, 0.1) is 6.92 Å². The molecule has 4 rings (SSSR count). The van der Waals surface area contributed by atoms with E-state index >= 15 is 0 Å². The Hall–Kier alpha value is -3.73. The lowest BCUT2D eigenvalue weighted by Gasteiger charge is -2.20. The van der Waals surface area contributed by atoms with Crippen molar-refractivity contribution in [2.75, 3.05) is 26.1 Å². The first-order chi connectivity index (χ1) is 18.1. The average molecular weight is 553 g/mol. The van der Waals surface area contributed by atoms with Crippen LogP contribution in [0.25, 0.3) is 10.1 Å². The number of esters is 1. The zero-order valence-electron chi connectivity index (χ0n) is 21.5. The molecule has 38 heavy (non-hydrogen) atoms. The number of nitrogens with zero attached hydrogens (tertiary/aromatic N) is 1. The number of aryl methyl sites for hydroxylation is 1. The third kappa shape index (κ3) is 5.88. The predicted octanol–water partition coefficient (Wildman–Crippen LogP) is 5.47. The standard InChI is InChI=1S/C28H28N2O6S2/c1-5-36-24-12-8-19(14-21(24)17-30(3)38(33,34)23-10-6-18(2)7-11-23)27(31)29-22-9-13-25-20(15-22)16-26(37-25)28(32)35-4/h6-16H,5,17H2,1-4H3,(H,29,31). The molecule has 0 saturated heterocycles. The number of thiophene rings is 1. The number of carbonyl (C=O) groups is 2. The van der Waals surface area contributed by atoms with Gasteiger partial charge in [-0.2, -0.15) is 4.31 Å². The first-order valence-electron chi connectivity index (χ1n) is 11.8. The van der Waals surface area contributed by atoms with Gasteiger partial charge in [0.25, 0.3) is 5.91 Å². The molecule has 0 radical (unpaired) electrons. The molecule has 0 bridgehead atoms. The first kappa shape index (κ1) is 27.3. The molecule has 0 aliphatic heterocycles. The van der Waals surface area contributed by atoms with Gasteiger partial charge in [0, 0.05) is 35.1 Å². The number of methoxy groups -OCH3 is 1. The van der Waals surface area contributed by atoms with Crippen molar-refractivity contribution >= 4 is 49.0 Å². The molecular formula is C28H28N2O6S2. The number of anilines is 1. The van der Waals surface area contributed by atoms with E-state index in [0.717, 1.165) is 15.6 Å². The van der Waals surface area contributed by atoms with Crippen molar-refractivity contribution in [1.29, 1.82) is 0 Å². The van der Waals surface area contributed by atoms with E-state index in [-0.39, 0.29) is 17.3 Å². The highest BCUT2D eigenvalue weighted by atomic mass is 32.2. The van der Waals surface area contributed by atoms with Crippen LogP contribution in [0.1, 0.15) is 38.1 Å². The van der Waals surface area contributed by atoms with Gasteiger partial charge in [-0.25, -0.2) is 13.2 Å². The second-order valence-electron chi connectivity index (χ2n) is 8.64. The van der Waals surface area contributed by atoms with Gasteiger partial charge in [0.15, 0.2) is 0 Å². The minimum atomic E-state index is -3.75. The Morgan fingerprint density at radius 3 is 2.42 bits per heavy atom. The molecule has 0 saturated carbocycles. The van der Waals surface area contributed by atoms with Crippen molar-refractivity contribution in [3.8, 4) is 5.75 Å². The van der Waals surface area contributed by atoms with Gasteiger partial charge in [0.1, 0.15) is 10.6 Å². The highest BCUT2D eigenvalue weighted by molar-refractivity contribution is 7.89. The number of amides is 1. The summed E-state index contributed by atoms with van der Waals surface area (Å²) in [5, 5.41) is 3.68. The Kier molecular flexibility index (Phi) is 8.15. The van der Waals surface area contributed by atoms with E-state index in [1.807, 2.05) is 19.9 Å². The molecule has 0 aliphatic carbocycles. The number of nitrogens with one attached hydrogen (secondary N) is 1. The van der Waals surface area contributed by atoms with Gasteiger partial charge >= 0.3 is 5.97 Å². The minimum Gasteiger partial charge on any atom is -0.494 e. The number of ether oxygens (including phenoxy) is 2. The fourth-order valence-electron chi connectivity index (χ4n) is 3.88. The smallest absolute Gasteiger partial charge is 0.348 e. The third-order valence-electron chi connectivity index (χ3n) is 5.91. The lowest BCUT2D eigenvalue weighted by Crippen LogP contribution is -2.27. The summed E-state index contributed by atoms with van der Waals surface area (Å²) in [6, 6.07) is 18.7. The first-order valence-corrected chi connectivity index (χ1v) is 14.1. The monoisotopic (exact) mass is 552 g/mol. The van der Waals surface area contributed by atoms with Crippen molar-refractivity contribution in [2.24, 2.45) is 0 Å². The summed E-state index contributed by atoms with van der Waals surface area (Å²) in [6.45, 7) is 4.14. The van der Waals surface area contributed by atoms with E-state index < -0.39 is 16.0 Å². The van der Waals surface area contributed by atoms with E-state index in [0.29, 0.717) is 34.0 Å². The van der Waals surface area contributed by atoms with Crippen LogP contribution in [0.2, 0.25) is 0 Å². The Bertz CT molecular complexity index is 1590. The molecule has 1 amide bonds. The quantitative estimate of drug-likeness (QED) is 0.276. The van der Waals surface area contributed by atoms with Gasteiger partial charge in [0.2, 0.25) is 10.0 Å². The third-order valence-corrected chi connectivity index (χ3v) is 8.82. The molecule has 0 aliphatic rings. The summed E-state index contributed by atoms with van der Waals surface area (Å²) in [4.78, 5) is 25.6. The fourth-order valence-corrected chi connectivity index (χ4v) is 5.99. The number of hydrogen-bond donors (Lipinski definition) is 1. The fraction of sp³-hybridized carbons (Fsp3) is 0.214. The molecule has 1 heterocycles. The Morgan fingerprint density at radius 2 is 1.74 bits per heavy atom. The van der Waals surface area contributed by atoms with Crippen molar-refractivity contribution in [3.05, 3.63) is 88.3 Å². The number of carbonyl (C=O) groups excluding carboxylic acids is 2. The summed E-state index contributed by atoms with van der Waals surface area (Å²) >= 11 is 1.31. The molecule has 3 aromatic carbocycles. The van der Waals surface area contributed by atoms with E-state index in [1.165, 1.54) is 29.8 Å². The van der Waals surface area contributed by atoms with Crippen LogP contribution in [-0.2, 0) is 21.3 Å². The Morgan fingerprint density at radius 1 is 1.00 bits per heavy atom. The van der Waals surface area contributed by atoms with Crippen molar-refractivity contribution < 1.29 is 27.5 Å². The molecular weight excluding hydrogens is 524 g/mol. The topological polar surface area (TPSA) is 102 Å². The molecule has 0 fully saturated rings. The molecule has 1 N–H and O–H groups in total. The van der Waals surface area contributed by atoms with Crippen LogP contribution in [0.4, 0.5) is 5.69 Å².